The third kappa shape index (κ3) is 2.34. The molecule has 0 unspecified atom stereocenters. The second kappa shape index (κ2) is 5.21. The maximum atomic E-state index is 6.48. The van der Waals surface area contributed by atoms with Crippen molar-refractivity contribution in [2.45, 2.75) is 58.3 Å². The van der Waals surface area contributed by atoms with Crippen LogP contribution in [0.15, 0.2) is 18.6 Å². The molecule has 2 aromatic rings. The van der Waals surface area contributed by atoms with Crippen LogP contribution in [0.2, 0.25) is 0 Å². The van der Waals surface area contributed by atoms with Gasteiger partial charge in [-0.3, -0.25) is 4.40 Å². The molecule has 4 saturated carbocycles. The van der Waals surface area contributed by atoms with Crippen molar-refractivity contribution in [3.8, 4) is 5.75 Å². The van der Waals surface area contributed by atoms with Crippen LogP contribution < -0.4 is 4.74 Å². The van der Waals surface area contributed by atoms with Crippen molar-refractivity contribution >= 4 is 5.65 Å². The fourth-order valence-corrected chi connectivity index (χ4v) is 6.12. The number of rotatable bonds is 4. The highest BCUT2D eigenvalue weighted by Gasteiger charge is 2.51. The summed E-state index contributed by atoms with van der Waals surface area (Å²) in [5.74, 6) is 4.37. The van der Waals surface area contributed by atoms with E-state index in [0.29, 0.717) is 11.3 Å². The molecule has 4 aliphatic rings. The van der Waals surface area contributed by atoms with Crippen molar-refractivity contribution in [2.24, 2.45) is 23.2 Å². The van der Waals surface area contributed by atoms with Crippen LogP contribution in [0.1, 0.15) is 63.9 Å². The van der Waals surface area contributed by atoms with E-state index in [2.05, 4.69) is 36.3 Å². The largest absolute Gasteiger partial charge is 0.493 e. The molecule has 4 heteroatoms. The minimum Gasteiger partial charge on any atom is -0.493 e. The zero-order chi connectivity index (χ0) is 16.3. The topological polar surface area (TPSA) is 39.4 Å². The Morgan fingerprint density at radius 3 is 2.46 bits per heavy atom. The number of ether oxygens (including phenoxy) is 1. The highest BCUT2D eigenvalue weighted by molar-refractivity contribution is 5.48. The second-order valence-corrected chi connectivity index (χ2v) is 9.05. The summed E-state index contributed by atoms with van der Waals surface area (Å²) in [6.45, 7) is 5.34. The Morgan fingerprint density at radius 1 is 1.17 bits per heavy atom. The molecule has 2 heterocycles. The third-order valence-corrected chi connectivity index (χ3v) is 6.74. The summed E-state index contributed by atoms with van der Waals surface area (Å²) in [6.07, 6.45) is 12.5. The number of hydrogen-bond acceptors (Lipinski definition) is 3. The quantitative estimate of drug-likeness (QED) is 0.834. The minimum absolute atomic E-state index is 0.433. The maximum Gasteiger partial charge on any atom is 0.164 e. The summed E-state index contributed by atoms with van der Waals surface area (Å²) in [7, 11) is 0. The normalized spacial score (nSPS) is 34.4. The highest BCUT2D eigenvalue weighted by atomic mass is 16.5. The zero-order valence-electron chi connectivity index (χ0n) is 14.7. The fourth-order valence-electron chi connectivity index (χ4n) is 6.12. The smallest absolute Gasteiger partial charge is 0.164 e. The Morgan fingerprint density at radius 2 is 1.83 bits per heavy atom. The van der Waals surface area contributed by atoms with Gasteiger partial charge in [0, 0.05) is 23.2 Å². The van der Waals surface area contributed by atoms with Crippen molar-refractivity contribution in [2.75, 3.05) is 6.61 Å². The molecule has 4 bridgehead atoms. The number of pyridine rings is 1. The van der Waals surface area contributed by atoms with Crippen LogP contribution in [0.5, 0.6) is 5.75 Å². The van der Waals surface area contributed by atoms with Crippen molar-refractivity contribution in [3.05, 3.63) is 24.2 Å². The van der Waals surface area contributed by atoms with E-state index >= 15 is 0 Å². The van der Waals surface area contributed by atoms with Crippen LogP contribution in [-0.2, 0) is 0 Å². The van der Waals surface area contributed by atoms with Crippen LogP contribution in [0.3, 0.4) is 0 Å². The molecular formula is C20H27N3O. The molecule has 0 radical (unpaired) electrons. The van der Waals surface area contributed by atoms with E-state index in [1.807, 2.05) is 4.40 Å². The van der Waals surface area contributed by atoms with Crippen LogP contribution in [0.25, 0.3) is 5.65 Å². The first-order valence-corrected chi connectivity index (χ1v) is 9.56. The Hall–Kier alpha value is -1.58. The second-order valence-electron chi connectivity index (χ2n) is 9.05. The van der Waals surface area contributed by atoms with Crippen LogP contribution in [-0.4, -0.2) is 21.2 Å². The number of fused-ring (bicyclic) bond motifs is 1. The first kappa shape index (κ1) is 14.7. The van der Waals surface area contributed by atoms with E-state index in [1.165, 1.54) is 44.1 Å². The molecule has 0 N–H and O–H groups in total. The Balaban J connectivity index is 1.42. The summed E-state index contributed by atoms with van der Waals surface area (Å²) in [4.78, 5) is 0. The molecule has 0 spiro atoms. The van der Waals surface area contributed by atoms with E-state index in [-0.39, 0.29) is 0 Å². The molecule has 4 fully saturated rings. The standard InChI is InChI=1S/C20H27N3O/c1-13(2)17-10-23-12-21-22-19(23)6-18(17)24-11-20-7-14-3-15(8-20)5-16(4-14)9-20/h6,10,12-16H,3-5,7-9,11H2,1-2H3. The molecule has 0 aromatic carbocycles. The minimum atomic E-state index is 0.433. The molecule has 0 atom stereocenters. The van der Waals surface area contributed by atoms with Gasteiger partial charge in [0.15, 0.2) is 5.65 Å². The number of nitrogens with zero attached hydrogens (tertiary/aromatic N) is 3. The molecule has 2 aromatic heterocycles. The van der Waals surface area contributed by atoms with Gasteiger partial charge in [-0.15, -0.1) is 10.2 Å². The Kier molecular flexibility index (Phi) is 3.20. The fraction of sp³-hybridized carbons (Fsp3) is 0.700. The van der Waals surface area contributed by atoms with Gasteiger partial charge in [0.2, 0.25) is 0 Å². The van der Waals surface area contributed by atoms with Gasteiger partial charge in [-0.25, -0.2) is 0 Å². The molecule has 24 heavy (non-hydrogen) atoms. The van der Waals surface area contributed by atoms with Crippen molar-refractivity contribution in [3.63, 3.8) is 0 Å². The molecule has 0 saturated heterocycles. The van der Waals surface area contributed by atoms with Gasteiger partial charge in [-0.1, -0.05) is 13.8 Å². The third-order valence-electron chi connectivity index (χ3n) is 6.74. The predicted octanol–water partition coefficient (Wildman–Crippen LogP) is 4.45. The first-order chi connectivity index (χ1) is 11.6. The lowest BCUT2D eigenvalue weighted by atomic mass is 9.50. The van der Waals surface area contributed by atoms with E-state index < -0.39 is 0 Å². The van der Waals surface area contributed by atoms with Gasteiger partial charge < -0.3 is 4.74 Å². The summed E-state index contributed by atoms with van der Waals surface area (Å²) < 4.78 is 8.47. The molecule has 4 aliphatic carbocycles. The monoisotopic (exact) mass is 325 g/mol. The van der Waals surface area contributed by atoms with Crippen molar-refractivity contribution in [1.29, 1.82) is 0 Å². The SMILES string of the molecule is CC(C)c1cn2cnnc2cc1OCC12CC3CC(CC(C3)C1)C2. The summed E-state index contributed by atoms with van der Waals surface area (Å²) in [5, 5.41) is 8.20. The highest BCUT2D eigenvalue weighted by Crippen LogP contribution is 2.60. The van der Waals surface area contributed by atoms with Gasteiger partial charge in [-0.2, -0.15) is 0 Å². The molecule has 128 valence electrons. The first-order valence-electron chi connectivity index (χ1n) is 9.56. The van der Waals surface area contributed by atoms with Crippen LogP contribution >= 0.6 is 0 Å². The molecular weight excluding hydrogens is 298 g/mol. The Labute approximate surface area is 143 Å². The average molecular weight is 325 g/mol. The lowest BCUT2D eigenvalue weighted by molar-refractivity contribution is -0.0746. The van der Waals surface area contributed by atoms with Gasteiger partial charge in [0.1, 0.15) is 12.1 Å². The van der Waals surface area contributed by atoms with Crippen molar-refractivity contribution in [1.82, 2.24) is 14.6 Å². The molecule has 6 rings (SSSR count). The zero-order valence-corrected chi connectivity index (χ0v) is 14.7. The van der Waals surface area contributed by atoms with Crippen LogP contribution in [0.4, 0.5) is 0 Å². The molecule has 4 nitrogen and oxygen atoms in total. The van der Waals surface area contributed by atoms with E-state index in [0.717, 1.165) is 35.8 Å². The van der Waals surface area contributed by atoms with Gasteiger partial charge in [-0.05, 0) is 62.2 Å². The van der Waals surface area contributed by atoms with E-state index in [9.17, 15) is 0 Å². The number of hydrogen-bond donors (Lipinski definition) is 0. The van der Waals surface area contributed by atoms with Crippen LogP contribution in [0, 0.1) is 23.2 Å². The van der Waals surface area contributed by atoms with E-state index in [4.69, 9.17) is 4.74 Å². The summed E-state index contributed by atoms with van der Waals surface area (Å²) >= 11 is 0. The van der Waals surface area contributed by atoms with Crippen molar-refractivity contribution < 1.29 is 4.74 Å². The molecule has 0 amide bonds. The Bertz CT molecular complexity index is 728. The summed E-state index contributed by atoms with van der Waals surface area (Å²) in [6, 6.07) is 2.07. The predicted molar refractivity (Wildman–Crippen MR) is 93.2 cm³/mol. The lowest BCUT2D eigenvalue weighted by Gasteiger charge is -2.56. The van der Waals surface area contributed by atoms with Gasteiger partial charge >= 0.3 is 0 Å². The van der Waals surface area contributed by atoms with E-state index in [1.54, 1.807) is 6.33 Å². The number of aromatic nitrogens is 3. The van der Waals surface area contributed by atoms with Gasteiger partial charge in [0.25, 0.3) is 0 Å². The average Bonchev–Trinajstić information content (AvgIpc) is 2.98. The summed E-state index contributed by atoms with van der Waals surface area (Å²) in [5.41, 5.74) is 2.58. The van der Waals surface area contributed by atoms with Gasteiger partial charge in [0.05, 0.1) is 6.61 Å². The molecule has 0 aliphatic heterocycles. The maximum absolute atomic E-state index is 6.48. The lowest BCUT2D eigenvalue weighted by Crippen LogP contribution is -2.48.